The van der Waals surface area contributed by atoms with Crippen LogP contribution in [0.5, 0.6) is 0 Å². The summed E-state index contributed by atoms with van der Waals surface area (Å²) in [5.74, 6) is -0.364. The van der Waals surface area contributed by atoms with E-state index in [1.165, 1.54) is 33.3 Å². The standard InChI is InChI=1S/C15H8BrClN2O2S2/c16-10-5-11(17)12-13(20)18-15(19(12)14(10)21,8-1-3-22-6-8)9-2-4-23-7-9/h1-7H,(H,18,20). The molecule has 0 fully saturated rings. The van der Waals surface area contributed by atoms with Gasteiger partial charge in [-0.1, -0.05) is 11.6 Å². The maximum Gasteiger partial charge on any atom is 0.272 e. The molecule has 116 valence electrons. The topological polar surface area (TPSA) is 51.1 Å². The van der Waals surface area contributed by atoms with Crippen molar-refractivity contribution in [3.63, 3.8) is 0 Å². The van der Waals surface area contributed by atoms with Crippen LogP contribution in [0, 0.1) is 0 Å². The van der Waals surface area contributed by atoms with Crippen molar-refractivity contribution >= 4 is 56.1 Å². The highest BCUT2D eigenvalue weighted by atomic mass is 79.9. The van der Waals surface area contributed by atoms with Crippen molar-refractivity contribution in [2.24, 2.45) is 0 Å². The van der Waals surface area contributed by atoms with Gasteiger partial charge in [-0.25, -0.2) is 0 Å². The predicted molar refractivity (Wildman–Crippen MR) is 95.7 cm³/mol. The van der Waals surface area contributed by atoms with Crippen molar-refractivity contribution in [2.75, 3.05) is 0 Å². The molecule has 0 unspecified atom stereocenters. The Hall–Kier alpha value is -1.41. The number of carbonyl (C=O) groups is 1. The summed E-state index contributed by atoms with van der Waals surface area (Å²) in [7, 11) is 0. The van der Waals surface area contributed by atoms with E-state index >= 15 is 0 Å². The van der Waals surface area contributed by atoms with Gasteiger partial charge in [0.15, 0.2) is 5.66 Å². The van der Waals surface area contributed by atoms with Crippen molar-refractivity contribution < 1.29 is 4.79 Å². The highest BCUT2D eigenvalue weighted by Gasteiger charge is 2.48. The van der Waals surface area contributed by atoms with Crippen molar-refractivity contribution in [1.29, 1.82) is 0 Å². The fourth-order valence-electron chi connectivity index (χ4n) is 2.88. The molecule has 0 aliphatic carbocycles. The van der Waals surface area contributed by atoms with Gasteiger partial charge in [-0.15, -0.1) is 0 Å². The smallest absolute Gasteiger partial charge is 0.272 e. The van der Waals surface area contributed by atoms with E-state index < -0.39 is 5.66 Å². The Morgan fingerprint density at radius 2 is 1.74 bits per heavy atom. The van der Waals surface area contributed by atoms with E-state index in [0.29, 0.717) is 4.47 Å². The number of hydrogen-bond donors (Lipinski definition) is 1. The summed E-state index contributed by atoms with van der Waals surface area (Å²) in [6, 6.07) is 5.27. The van der Waals surface area contributed by atoms with Crippen molar-refractivity contribution in [3.8, 4) is 0 Å². The number of nitrogens with zero attached hydrogens (tertiary/aromatic N) is 1. The third kappa shape index (κ3) is 2.00. The lowest BCUT2D eigenvalue weighted by Gasteiger charge is -2.30. The van der Waals surface area contributed by atoms with Crippen molar-refractivity contribution in [2.45, 2.75) is 5.66 Å². The van der Waals surface area contributed by atoms with Crippen molar-refractivity contribution in [1.82, 2.24) is 9.88 Å². The average molecular weight is 428 g/mol. The number of carbonyl (C=O) groups excluding carboxylic acids is 1. The second-order valence-electron chi connectivity index (χ2n) is 5.02. The Bertz CT molecular complexity index is 930. The second kappa shape index (κ2) is 5.31. The molecule has 4 rings (SSSR count). The molecule has 23 heavy (non-hydrogen) atoms. The fourth-order valence-corrected chi connectivity index (χ4v) is 5.09. The van der Waals surface area contributed by atoms with Crippen LogP contribution >= 0.6 is 50.2 Å². The summed E-state index contributed by atoms with van der Waals surface area (Å²) in [6.07, 6.45) is 0. The Morgan fingerprint density at radius 3 is 2.26 bits per heavy atom. The van der Waals surface area contributed by atoms with Crippen LogP contribution in [0.15, 0.2) is 49.0 Å². The second-order valence-corrected chi connectivity index (χ2v) is 7.84. The van der Waals surface area contributed by atoms with Gasteiger partial charge in [0.1, 0.15) is 5.69 Å². The number of amides is 1. The van der Waals surface area contributed by atoms with Crippen molar-refractivity contribution in [3.05, 3.63) is 76.4 Å². The molecule has 8 heteroatoms. The zero-order valence-electron chi connectivity index (χ0n) is 11.4. The highest BCUT2D eigenvalue weighted by Crippen LogP contribution is 2.39. The Balaban J connectivity index is 2.18. The summed E-state index contributed by atoms with van der Waals surface area (Å²) >= 11 is 12.5. The van der Waals surface area contributed by atoms with Gasteiger partial charge in [-0.3, -0.25) is 14.2 Å². The SMILES string of the molecule is O=C1NC(c2ccsc2)(c2ccsc2)n2c1c(Cl)cc(Br)c2=O. The van der Waals surface area contributed by atoms with Gasteiger partial charge in [-0.2, -0.15) is 22.7 Å². The molecule has 0 saturated carbocycles. The van der Waals surface area contributed by atoms with Gasteiger partial charge < -0.3 is 5.32 Å². The first-order valence-electron chi connectivity index (χ1n) is 6.55. The number of halogens is 2. The van der Waals surface area contributed by atoms with E-state index in [4.69, 9.17) is 11.6 Å². The predicted octanol–water partition coefficient (Wildman–Crippen LogP) is 3.88. The van der Waals surface area contributed by atoms with E-state index in [2.05, 4.69) is 21.2 Å². The monoisotopic (exact) mass is 426 g/mol. The normalized spacial score (nSPS) is 15.5. The molecule has 3 aromatic rings. The summed E-state index contributed by atoms with van der Waals surface area (Å²) in [5.41, 5.74) is 0.447. The third-order valence-corrected chi connectivity index (χ3v) is 6.06. The molecule has 0 saturated heterocycles. The molecule has 1 N–H and O–H groups in total. The molecule has 4 nitrogen and oxygen atoms in total. The van der Waals surface area contributed by atoms with Gasteiger partial charge in [-0.05, 0) is 55.6 Å². The Morgan fingerprint density at radius 1 is 1.13 bits per heavy atom. The molecule has 4 heterocycles. The number of aromatic nitrogens is 1. The zero-order chi connectivity index (χ0) is 16.2. The molecular formula is C15H8BrClN2O2S2. The van der Waals surface area contributed by atoms with Gasteiger partial charge >= 0.3 is 0 Å². The number of fused-ring (bicyclic) bond motifs is 1. The first-order valence-corrected chi connectivity index (χ1v) is 9.61. The van der Waals surface area contributed by atoms with E-state index in [1.54, 1.807) is 0 Å². The van der Waals surface area contributed by atoms with Crippen LogP contribution in [0.25, 0.3) is 0 Å². The lowest BCUT2D eigenvalue weighted by Crippen LogP contribution is -2.48. The number of pyridine rings is 1. The van der Waals surface area contributed by atoms with E-state index in [9.17, 15) is 9.59 Å². The number of rotatable bonds is 2. The molecule has 3 aromatic heterocycles. The van der Waals surface area contributed by atoms with Crippen LogP contribution in [0.3, 0.4) is 0 Å². The molecule has 0 radical (unpaired) electrons. The molecule has 0 atom stereocenters. The Kier molecular flexibility index (Phi) is 3.49. The molecule has 0 aromatic carbocycles. The maximum atomic E-state index is 12.8. The molecular weight excluding hydrogens is 420 g/mol. The first kappa shape index (κ1) is 15.1. The minimum Gasteiger partial charge on any atom is -0.320 e. The van der Waals surface area contributed by atoms with E-state index in [-0.39, 0.29) is 22.2 Å². The molecule has 0 bridgehead atoms. The summed E-state index contributed by atoms with van der Waals surface area (Å²) in [5, 5.41) is 10.9. The van der Waals surface area contributed by atoms with Crippen LogP contribution in [-0.2, 0) is 5.66 Å². The van der Waals surface area contributed by atoms with Gasteiger partial charge in [0.2, 0.25) is 0 Å². The number of thiophene rings is 2. The van der Waals surface area contributed by atoms with E-state index in [0.717, 1.165) is 11.1 Å². The van der Waals surface area contributed by atoms with Crippen LogP contribution in [0.1, 0.15) is 21.6 Å². The highest BCUT2D eigenvalue weighted by molar-refractivity contribution is 9.10. The lowest BCUT2D eigenvalue weighted by molar-refractivity contribution is 0.0946. The van der Waals surface area contributed by atoms with Crippen LogP contribution in [0.2, 0.25) is 5.02 Å². The summed E-state index contributed by atoms with van der Waals surface area (Å²) < 4.78 is 1.77. The number of nitrogens with one attached hydrogen (secondary N) is 1. The molecule has 0 spiro atoms. The van der Waals surface area contributed by atoms with Gasteiger partial charge in [0.25, 0.3) is 11.5 Å². The minimum absolute atomic E-state index is 0.178. The van der Waals surface area contributed by atoms with Crippen LogP contribution in [-0.4, -0.2) is 10.5 Å². The minimum atomic E-state index is -1.07. The summed E-state index contributed by atoms with van der Waals surface area (Å²) in [6.45, 7) is 0. The lowest BCUT2D eigenvalue weighted by atomic mass is 9.96. The van der Waals surface area contributed by atoms with Gasteiger partial charge in [0.05, 0.1) is 9.50 Å². The van der Waals surface area contributed by atoms with Crippen LogP contribution in [0.4, 0.5) is 0 Å². The maximum absolute atomic E-state index is 12.8. The fraction of sp³-hybridized carbons (Fsp3) is 0.0667. The first-order chi connectivity index (χ1) is 11.1. The van der Waals surface area contributed by atoms with Crippen LogP contribution < -0.4 is 10.9 Å². The number of hydrogen-bond acceptors (Lipinski definition) is 4. The molecule has 1 aliphatic rings. The third-order valence-electron chi connectivity index (χ3n) is 3.83. The summed E-state index contributed by atoms with van der Waals surface area (Å²) in [4.78, 5) is 25.4. The molecule has 1 aliphatic heterocycles. The van der Waals surface area contributed by atoms with Gasteiger partial charge in [0, 0.05) is 11.1 Å². The largest absolute Gasteiger partial charge is 0.320 e. The average Bonchev–Trinajstić information content (AvgIpc) is 3.24. The quantitative estimate of drug-likeness (QED) is 0.675. The molecule has 1 amide bonds. The Labute approximate surface area is 152 Å². The van der Waals surface area contributed by atoms with E-state index in [1.807, 2.05) is 33.7 Å². The zero-order valence-corrected chi connectivity index (χ0v) is 15.4.